The van der Waals surface area contributed by atoms with Gasteiger partial charge in [-0.05, 0) is 30.0 Å². The van der Waals surface area contributed by atoms with Crippen LogP contribution in [-0.2, 0) is 16.0 Å². The molecule has 0 fully saturated rings. The van der Waals surface area contributed by atoms with E-state index in [1.807, 2.05) is 24.3 Å². The summed E-state index contributed by atoms with van der Waals surface area (Å²) in [5.74, 6) is -0.453. The smallest absolute Gasteiger partial charge is 0.322 e. The lowest BCUT2D eigenvalue weighted by molar-refractivity contribution is -0.142. The summed E-state index contributed by atoms with van der Waals surface area (Å²) >= 11 is 6.05. The highest BCUT2D eigenvalue weighted by Crippen LogP contribution is 2.24. The van der Waals surface area contributed by atoms with Crippen LogP contribution in [0.5, 0.6) is 0 Å². The summed E-state index contributed by atoms with van der Waals surface area (Å²) in [7, 11) is 1.31. The van der Waals surface area contributed by atoms with Gasteiger partial charge in [0.1, 0.15) is 6.04 Å². The molecule has 0 spiro atoms. The van der Waals surface area contributed by atoms with Crippen molar-refractivity contribution in [2.45, 2.75) is 19.4 Å². The Morgan fingerprint density at radius 1 is 1.35 bits per heavy atom. The molecule has 1 aromatic heterocycles. The highest BCUT2D eigenvalue weighted by molar-refractivity contribution is 6.31. The molecule has 124 valence electrons. The first-order chi connectivity index (χ1) is 10.4. The van der Waals surface area contributed by atoms with Crippen LogP contribution in [0.15, 0.2) is 35.3 Å². The lowest BCUT2D eigenvalue weighted by atomic mass is 9.99. The molecule has 1 aromatic carbocycles. The molecule has 0 bridgehead atoms. The average Bonchev–Trinajstić information content (AvgIpc) is 2.52. The topological polar surface area (TPSA) is 85.2 Å². The number of halogens is 2. The molecule has 1 atom stereocenters. The number of H-pyrrole nitrogens is 1. The Morgan fingerprint density at radius 2 is 1.96 bits per heavy atom. The van der Waals surface area contributed by atoms with Gasteiger partial charge in [0.2, 0.25) is 0 Å². The van der Waals surface area contributed by atoms with Crippen molar-refractivity contribution in [2.24, 2.45) is 5.73 Å². The number of benzene rings is 1. The quantitative estimate of drug-likeness (QED) is 0.824. The van der Waals surface area contributed by atoms with Crippen molar-refractivity contribution in [1.82, 2.24) is 4.98 Å². The fourth-order valence-corrected chi connectivity index (χ4v) is 2.39. The van der Waals surface area contributed by atoms with Gasteiger partial charge in [-0.15, -0.1) is 12.4 Å². The van der Waals surface area contributed by atoms with Crippen LogP contribution >= 0.6 is 24.0 Å². The summed E-state index contributed by atoms with van der Waals surface area (Å²) in [6.45, 7) is 1.80. The number of aromatic nitrogens is 1. The number of hydrogen-bond donors (Lipinski definition) is 2. The maximum Gasteiger partial charge on any atom is 0.322 e. The summed E-state index contributed by atoms with van der Waals surface area (Å²) in [4.78, 5) is 25.9. The van der Waals surface area contributed by atoms with Crippen molar-refractivity contribution in [3.63, 3.8) is 0 Å². The van der Waals surface area contributed by atoms with Gasteiger partial charge in [0.15, 0.2) is 0 Å². The Kier molecular flexibility index (Phi) is 6.81. The standard InChI is InChI=1S/C16H17ClN2O3.ClH/c1-9-12(17)8-19-15(20)14(9)11-5-3-10(4-6-11)7-13(18)16(21)22-2;/h3-6,8,13H,7,18H2,1-2H3,(H,19,20);1H/t13-;/m0./s1. The van der Waals surface area contributed by atoms with Gasteiger partial charge >= 0.3 is 5.97 Å². The van der Waals surface area contributed by atoms with Crippen LogP contribution in [0.2, 0.25) is 5.02 Å². The van der Waals surface area contributed by atoms with E-state index in [9.17, 15) is 9.59 Å². The predicted octanol–water partition coefficient (Wildman–Crippen LogP) is 2.47. The van der Waals surface area contributed by atoms with Gasteiger partial charge in [0.05, 0.1) is 17.7 Å². The molecule has 23 heavy (non-hydrogen) atoms. The van der Waals surface area contributed by atoms with Gasteiger partial charge in [-0.3, -0.25) is 9.59 Å². The predicted molar refractivity (Wildman–Crippen MR) is 93.2 cm³/mol. The number of ether oxygens (including phenoxy) is 1. The lowest BCUT2D eigenvalue weighted by Crippen LogP contribution is -2.33. The number of carbonyl (C=O) groups is 1. The molecule has 3 N–H and O–H groups in total. The number of carbonyl (C=O) groups excluding carboxylic acids is 1. The molecule has 0 unspecified atom stereocenters. The normalized spacial score (nSPS) is 11.5. The van der Waals surface area contributed by atoms with E-state index in [1.165, 1.54) is 13.3 Å². The Hall–Kier alpha value is -1.82. The van der Waals surface area contributed by atoms with Crippen LogP contribution in [0.1, 0.15) is 11.1 Å². The summed E-state index contributed by atoms with van der Waals surface area (Å²) in [6.07, 6.45) is 1.85. The van der Waals surface area contributed by atoms with E-state index in [-0.39, 0.29) is 18.0 Å². The Bertz CT molecular complexity index is 742. The number of nitrogens with two attached hydrogens (primary N) is 1. The van der Waals surface area contributed by atoms with Gasteiger partial charge in [-0.25, -0.2) is 0 Å². The van der Waals surface area contributed by atoms with Crippen LogP contribution in [0.3, 0.4) is 0 Å². The van der Waals surface area contributed by atoms with Crippen LogP contribution in [-0.4, -0.2) is 24.1 Å². The van der Waals surface area contributed by atoms with Gasteiger partial charge in [0, 0.05) is 6.20 Å². The second-order valence-electron chi connectivity index (χ2n) is 5.00. The van der Waals surface area contributed by atoms with Crippen molar-refractivity contribution in [2.75, 3.05) is 7.11 Å². The molecule has 2 rings (SSSR count). The zero-order chi connectivity index (χ0) is 16.3. The Morgan fingerprint density at radius 3 is 2.52 bits per heavy atom. The maximum atomic E-state index is 12.0. The van der Waals surface area contributed by atoms with Crippen LogP contribution in [0.25, 0.3) is 11.1 Å². The Labute approximate surface area is 145 Å². The van der Waals surface area contributed by atoms with E-state index < -0.39 is 12.0 Å². The van der Waals surface area contributed by atoms with Gasteiger partial charge < -0.3 is 15.5 Å². The highest BCUT2D eigenvalue weighted by Gasteiger charge is 2.15. The molecule has 7 heteroatoms. The van der Waals surface area contributed by atoms with Gasteiger partial charge in [0.25, 0.3) is 5.56 Å². The molecule has 0 saturated heterocycles. The first kappa shape index (κ1) is 19.2. The number of nitrogens with one attached hydrogen (secondary N) is 1. The maximum absolute atomic E-state index is 12.0. The van der Waals surface area contributed by atoms with Crippen molar-refractivity contribution in [1.29, 1.82) is 0 Å². The molecule has 2 aromatic rings. The highest BCUT2D eigenvalue weighted by atomic mass is 35.5. The third-order valence-electron chi connectivity index (χ3n) is 3.49. The number of pyridine rings is 1. The summed E-state index contributed by atoms with van der Waals surface area (Å²) < 4.78 is 4.60. The number of methoxy groups -OCH3 is 1. The van der Waals surface area contributed by atoms with Crippen molar-refractivity contribution in [3.05, 3.63) is 57.0 Å². The Balaban J connectivity index is 0.00000264. The fraction of sp³-hybridized carbons (Fsp3) is 0.250. The van der Waals surface area contributed by atoms with Crippen LogP contribution in [0, 0.1) is 6.92 Å². The molecular formula is C16H18Cl2N2O3. The average molecular weight is 357 g/mol. The van der Waals surface area contributed by atoms with E-state index in [1.54, 1.807) is 6.92 Å². The van der Waals surface area contributed by atoms with Crippen molar-refractivity contribution < 1.29 is 9.53 Å². The van der Waals surface area contributed by atoms with Crippen LogP contribution in [0.4, 0.5) is 0 Å². The SMILES string of the molecule is COC(=O)[C@@H](N)Cc1ccc(-c2c(C)c(Cl)c[nH]c2=O)cc1.Cl. The summed E-state index contributed by atoms with van der Waals surface area (Å²) in [5.41, 5.74) is 8.45. The monoisotopic (exact) mass is 356 g/mol. The van der Waals surface area contributed by atoms with E-state index in [4.69, 9.17) is 17.3 Å². The second kappa shape index (κ2) is 8.15. The minimum atomic E-state index is -0.702. The van der Waals surface area contributed by atoms with Crippen molar-refractivity contribution >= 4 is 30.0 Å². The van der Waals surface area contributed by atoms with E-state index in [0.29, 0.717) is 17.0 Å². The molecule has 0 radical (unpaired) electrons. The molecular weight excluding hydrogens is 339 g/mol. The summed E-state index contributed by atoms with van der Waals surface area (Å²) in [5, 5.41) is 0.506. The molecule has 0 aliphatic carbocycles. The molecule has 5 nitrogen and oxygen atoms in total. The molecule has 0 aliphatic rings. The molecule has 0 aliphatic heterocycles. The van der Waals surface area contributed by atoms with E-state index in [2.05, 4.69) is 9.72 Å². The number of hydrogen-bond acceptors (Lipinski definition) is 4. The minimum Gasteiger partial charge on any atom is -0.468 e. The molecule has 0 amide bonds. The fourth-order valence-electron chi connectivity index (χ4n) is 2.24. The lowest BCUT2D eigenvalue weighted by Gasteiger charge is -2.10. The zero-order valence-electron chi connectivity index (χ0n) is 12.8. The third-order valence-corrected chi connectivity index (χ3v) is 3.89. The third kappa shape index (κ3) is 4.34. The van der Waals surface area contributed by atoms with Gasteiger partial charge in [-0.1, -0.05) is 35.9 Å². The summed E-state index contributed by atoms with van der Waals surface area (Å²) in [6, 6.07) is 6.59. The number of rotatable bonds is 4. The first-order valence-electron chi connectivity index (χ1n) is 6.74. The molecule has 0 saturated carbocycles. The second-order valence-corrected chi connectivity index (χ2v) is 5.40. The molecule has 1 heterocycles. The number of esters is 1. The zero-order valence-corrected chi connectivity index (χ0v) is 14.3. The van der Waals surface area contributed by atoms with Gasteiger partial charge in [-0.2, -0.15) is 0 Å². The first-order valence-corrected chi connectivity index (χ1v) is 7.12. The minimum absolute atomic E-state index is 0. The van der Waals surface area contributed by atoms with E-state index >= 15 is 0 Å². The van der Waals surface area contributed by atoms with Crippen molar-refractivity contribution in [3.8, 4) is 11.1 Å². The number of aromatic amines is 1. The van der Waals surface area contributed by atoms with E-state index in [0.717, 1.165) is 16.7 Å². The van der Waals surface area contributed by atoms with Crippen LogP contribution < -0.4 is 11.3 Å². The largest absolute Gasteiger partial charge is 0.468 e.